The van der Waals surface area contributed by atoms with E-state index in [-0.39, 0.29) is 22.4 Å². The Labute approximate surface area is 171 Å². The van der Waals surface area contributed by atoms with Crippen molar-refractivity contribution in [2.75, 3.05) is 38.8 Å². The van der Waals surface area contributed by atoms with E-state index in [1.54, 1.807) is 43.3 Å². The van der Waals surface area contributed by atoms with Crippen molar-refractivity contribution in [3.05, 3.63) is 48.5 Å². The number of rotatable bonds is 10. The van der Waals surface area contributed by atoms with Crippen LogP contribution in [0.2, 0.25) is 0 Å². The molecule has 0 radical (unpaired) electrons. The molecule has 0 bridgehead atoms. The summed E-state index contributed by atoms with van der Waals surface area (Å²) in [4.78, 5) is 12.6. The van der Waals surface area contributed by atoms with E-state index < -0.39 is 22.5 Å². The highest BCUT2D eigenvalue weighted by molar-refractivity contribution is 7.92. The molecule has 1 N–H and O–H groups in total. The molecule has 0 aromatic heterocycles. The maximum Gasteiger partial charge on any atom is 0.264 e. The van der Waals surface area contributed by atoms with Crippen molar-refractivity contribution in [1.82, 2.24) is 5.32 Å². The van der Waals surface area contributed by atoms with Crippen LogP contribution in [0, 0.1) is 0 Å². The summed E-state index contributed by atoms with van der Waals surface area (Å²) >= 11 is 0. The molecule has 0 aliphatic heterocycles. The van der Waals surface area contributed by atoms with Crippen LogP contribution >= 0.6 is 0 Å². The smallest absolute Gasteiger partial charge is 0.264 e. The van der Waals surface area contributed by atoms with E-state index in [4.69, 9.17) is 14.2 Å². The molecule has 0 fully saturated rings. The fraction of sp³-hybridized carbons (Fsp3) is 0.350. The van der Waals surface area contributed by atoms with Crippen LogP contribution < -0.4 is 19.1 Å². The second kappa shape index (κ2) is 10.1. The lowest BCUT2D eigenvalue weighted by atomic mass is 10.2. The first-order valence-electron chi connectivity index (χ1n) is 8.91. The zero-order valence-electron chi connectivity index (χ0n) is 16.9. The van der Waals surface area contributed by atoms with Crippen molar-refractivity contribution < 1.29 is 27.4 Å². The standard InChI is InChI=1S/C20H26N2O6S/c1-15(14-26-2)21-20(23)13-22(29(24,25)17-8-6-5-7-9-17)18-11-10-16(27-3)12-19(18)28-4/h5-12,15H,13-14H2,1-4H3,(H,21,23)/t15-/m1/s1. The van der Waals surface area contributed by atoms with Gasteiger partial charge < -0.3 is 19.5 Å². The number of nitrogens with zero attached hydrogens (tertiary/aromatic N) is 1. The van der Waals surface area contributed by atoms with Crippen molar-refractivity contribution in [3.8, 4) is 11.5 Å². The van der Waals surface area contributed by atoms with Crippen LogP contribution in [0.5, 0.6) is 11.5 Å². The average molecular weight is 423 g/mol. The van der Waals surface area contributed by atoms with Gasteiger partial charge >= 0.3 is 0 Å². The van der Waals surface area contributed by atoms with Crippen LogP contribution in [0.1, 0.15) is 6.92 Å². The molecule has 9 heteroatoms. The Hall–Kier alpha value is -2.78. The Morgan fingerprint density at radius 2 is 1.76 bits per heavy atom. The number of nitrogens with one attached hydrogen (secondary N) is 1. The predicted molar refractivity (Wildman–Crippen MR) is 110 cm³/mol. The number of amides is 1. The minimum Gasteiger partial charge on any atom is -0.497 e. The maximum absolute atomic E-state index is 13.3. The molecular weight excluding hydrogens is 396 g/mol. The van der Waals surface area contributed by atoms with Crippen LogP contribution in [-0.2, 0) is 19.6 Å². The lowest BCUT2D eigenvalue weighted by Gasteiger charge is -2.26. The molecule has 0 heterocycles. The van der Waals surface area contributed by atoms with E-state index in [1.807, 2.05) is 0 Å². The van der Waals surface area contributed by atoms with Crippen LogP contribution in [0.15, 0.2) is 53.4 Å². The highest BCUT2D eigenvalue weighted by Gasteiger charge is 2.29. The largest absolute Gasteiger partial charge is 0.497 e. The van der Waals surface area contributed by atoms with Gasteiger partial charge in [-0.05, 0) is 31.2 Å². The number of carbonyl (C=O) groups is 1. The van der Waals surface area contributed by atoms with E-state index in [0.717, 1.165) is 4.31 Å². The molecular formula is C20H26N2O6S. The maximum atomic E-state index is 13.3. The van der Waals surface area contributed by atoms with Gasteiger partial charge in [0.2, 0.25) is 5.91 Å². The Morgan fingerprint density at radius 3 is 2.34 bits per heavy atom. The third kappa shape index (κ3) is 5.61. The van der Waals surface area contributed by atoms with Gasteiger partial charge in [-0.15, -0.1) is 0 Å². The molecule has 8 nitrogen and oxygen atoms in total. The zero-order valence-corrected chi connectivity index (χ0v) is 17.7. The summed E-state index contributed by atoms with van der Waals surface area (Å²) in [5.74, 6) is 0.300. The second-order valence-electron chi connectivity index (χ2n) is 6.29. The quantitative estimate of drug-likeness (QED) is 0.630. The van der Waals surface area contributed by atoms with Crippen molar-refractivity contribution in [1.29, 1.82) is 0 Å². The molecule has 158 valence electrons. The predicted octanol–water partition coefficient (Wildman–Crippen LogP) is 2.05. The number of methoxy groups -OCH3 is 3. The fourth-order valence-electron chi connectivity index (χ4n) is 2.75. The summed E-state index contributed by atoms with van der Waals surface area (Å²) in [6.45, 7) is 1.66. The summed E-state index contributed by atoms with van der Waals surface area (Å²) in [5, 5.41) is 2.73. The van der Waals surface area contributed by atoms with Gasteiger partial charge in [-0.1, -0.05) is 18.2 Å². The molecule has 0 aliphatic rings. The Bertz CT molecular complexity index is 918. The summed E-state index contributed by atoms with van der Waals surface area (Å²) < 4.78 is 43.3. The van der Waals surface area contributed by atoms with Gasteiger partial charge in [0, 0.05) is 19.2 Å². The molecule has 2 aromatic rings. The van der Waals surface area contributed by atoms with E-state index in [1.165, 1.54) is 33.5 Å². The first kappa shape index (κ1) is 22.5. The van der Waals surface area contributed by atoms with Crippen molar-refractivity contribution >= 4 is 21.6 Å². The van der Waals surface area contributed by atoms with Crippen LogP contribution in [0.25, 0.3) is 0 Å². The van der Waals surface area contributed by atoms with Gasteiger partial charge in [0.25, 0.3) is 10.0 Å². The SMILES string of the molecule is COC[C@@H](C)NC(=O)CN(c1ccc(OC)cc1OC)S(=O)(=O)c1ccccc1. The molecule has 1 amide bonds. The third-order valence-corrected chi connectivity index (χ3v) is 5.87. The fourth-order valence-corrected chi connectivity index (χ4v) is 4.21. The van der Waals surface area contributed by atoms with Crippen molar-refractivity contribution in [3.63, 3.8) is 0 Å². The number of ether oxygens (including phenoxy) is 3. The van der Waals surface area contributed by atoms with Gasteiger partial charge in [0.1, 0.15) is 18.0 Å². The number of hydrogen-bond donors (Lipinski definition) is 1. The normalized spacial score (nSPS) is 12.1. The number of hydrogen-bond acceptors (Lipinski definition) is 6. The second-order valence-corrected chi connectivity index (χ2v) is 8.15. The molecule has 2 rings (SSSR count). The van der Waals surface area contributed by atoms with Crippen molar-refractivity contribution in [2.45, 2.75) is 17.9 Å². The first-order valence-corrected chi connectivity index (χ1v) is 10.4. The van der Waals surface area contributed by atoms with Gasteiger partial charge in [-0.25, -0.2) is 8.42 Å². The minimum atomic E-state index is -4.03. The Kier molecular flexibility index (Phi) is 7.86. The van der Waals surface area contributed by atoms with E-state index in [2.05, 4.69) is 5.32 Å². The molecule has 1 atom stereocenters. The number of anilines is 1. The summed E-state index contributed by atoms with van der Waals surface area (Å²) in [7, 11) is 0.416. The topological polar surface area (TPSA) is 94.2 Å². The summed E-state index contributed by atoms with van der Waals surface area (Å²) in [6, 6.07) is 12.4. The van der Waals surface area contributed by atoms with Gasteiger partial charge in [-0.3, -0.25) is 9.10 Å². The lowest BCUT2D eigenvalue weighted by Crippen LogP contribution is -2.44. The van der Waals surface area contributed by atoms with Crippen LogP contribution in [0.4, 0.5) is 5.69 Å². The van der Waals surface area contributed by atoms with Gasteiger partial charge in [0.15, 0.2) is 0 Å². The highest BCUT2D eigenvalue weighted by atomic mass is 32.2. The van der Waals surface area contributed by atoms with E-state index in [0.29, 0.717) is 12.4 Å². The van der Waals surface area contributed by atoms with E-state index >= 15 is 0 Å². The lowest BCUT2D eigenvalue weighted by molar-refractivity contribution is -0.120. The Morgan fingerprint density at radius 1 is 1.07 bits per heavy atom. The summed E-state index contributed by atoms with van der Waals surface area (Å²) in [6.07, 6.45) is 0. The minimum absolute atomic E-state index is 0.0654. The monoisotopic (exact) mass is 422 g/mol. The highest BCUT2D eigenvalue weighted by Crippen LogP contribution is 2.35. The number of benzene rings is 2. The van der Waals surface area contributed by atoms with Gasteiger partial charge in [0.05, 0.1) is 31.4 Å². The molecule has 0 spiro atoms. The molecule has 0 aliphatic carbocycles. The third-order valence-electron chi connectivity index (χ3n) is 4.10. The van der Waals surface area contributed by atoms with Gasteiger partial charge in [-0.2, -0.15) is 0 Å². The molecule has 2 aromatic carbocycles. The van der Waals surface area contributed by atoms with Crippen LogP contribution in [-0.4, -0.2) is 54.8 Å². The first-order chi connectivity index (χ1) is 13.8. The zero-order chi connectivity index (χ0) is 21.4. The van der Waals surface area contributed by atoms with Crippen LogP contribution in [0.3, 0.4) is 0 Å². The molecule has 0 unspecified atom stereocenters. The van der Waals surface area contributed by atoms with Crippen molar-refractivity contribution in [2.24, 2.45) is 0 Å². The number of carbonyl (C=O) groups excluding carboxylic acids is 1. The molecule has 0 saturated carbocycles. The molecule has 0 saturated heterocycles. The summed E-state index contributed by atoms with van der Waals surface area (Å²) in [5.41, 5.74) is 0.228. The molecule has 29 heavy (non-hydrogen) atoms. The average Bonchev–Trinajstić information content (AvgIpc) is 2.72. The number of sulfonamides is 1. The Balaban J connectivity index is 2.48. The van der Waals surface area contributed by atoms with E-state index in [9.17, 15) is 13.2 Å².